The van der Waals surface area contributed by atoms with Crippen LogP contribution in [-0.2, 0) is 0 Å². The fourth-order valence-corrected chi connectivity index (χ4v) is 2.73. The van der Waals surface area contributed by atoms with Crippen LogP contribution in [0, 0.1) is 5.92 Å². The van der Waals surface area contributed by atoms with Crippen molar-refractivity contribution >= 4 is 17.3 Å². The van der Waals surface area contributed by atoms with Crippen molar-refractivity contribution in [2.45, 2.75) is 12.8 Å². The van der Waals surface area contributed by atoms with Crippen molar-refractivity contribution in [1.29, 1.82) is 0 Å². The second kappa shape index (κ2) is 6.61. The van der Waals surface area contributed by atoms with Gasteiger partial charge in [-0.2, -0.15) is 0 Å². The van der Waals surface area contributed by atoms with Gasteiger partial charge in [0.05, 0.1) is 5.56 Å². The van der Waals surface area contributed by atoms with E-state index in [4.69, 9.17) is 5.73 Å². The second-order valence-corrected chi connectivity index (χ2v) is 5.54. The number of nitrogens with zero attached hydrogens (tertiary/aromatic N) is 1. The number of piperidine rings is 1. The van der Waals surface area contributed by atoms with E-state index >= 15 is 0 Å². The molecule has 1 aliphatic rings. The number of carbonyl (C=O) groups excluding carboxylic acids is 1. The Hall–Kier alpha value is -1.75. The number of carbonyl (C=O) groups is 1. The molecule has 1 aromatic carbocycles. The van der Waals surface area contributed by atoms with E-state index in [-0.39, 0.29) is 5.91 Å². The van der Waals surface area contributed by atoms with Gasteiger partial charge in [0.25, 0.3) is 5.91 Å². The van der Waals surface area contributed by atoms with Crippen molar-refractivity contribution in [2.24, 2.45) is 5.92 Å². The highest BCUT2D eigenvalue weighted by molar-refractivity contribution is 6.00. The lowest BCUT2D eigenvalue weighted by Crippen LogP contribution is -2.35. The minimum atomic E-state index is -0.0896. The molecule has 1 aliphatic heterocycles. The Kier molecular flexibility index (Phi) is 4.84. The number of anilines is 2. The molecular formula is C15H24N4O. The summed E-state index contributed by atoms with van der Waals surface area (Å²) in [6.45, 7) is 3.15. The van der Waals surface area contributed by atoms with Crippen LogP contribution in [0.5, 0.6) is 0 Å². The summed E-state index contributed by atoms with van der Waals surface area (Å²) >= 11 is 0. The molecule has 0 spiro atoms. The first-order valence-corrected chi connectivity index (χ1v) is 7.14. The van der Waals surface area contributed by atoms with Gasteiger partial charge in [0.15, 0.2) is 0 Å². The molecule has 0 bridgehead atoms. The second-order valence-electron chi connectivity index (χ2n) is 5.54. The molecule has 1 atom stereocenters. The molecule has 0 aromatic heterocycles. The highest BCUT2D eigenvalue weighted by Gasteiger charge is 2.18. The van der Waals surface area contributed by atoms with Crippen LogP contribution in [0.15, 0.2) is 18.2 Å². The SMILES string of the molecule is CNC(=O)c1ccc(N)cc1NCC1CCCN(C)C1. The third kappa shape index (κ3) is 3.63. The number of hydrogen-bond acceptors (Lipinski definition) is 4. The van der Waals surface area contributed by atoms with Gasteiger partial charge in [-0.15, -0.1) is 0 Å². The largest absolute Gasteiger partial charge is 0.399 e. The highest BCUT2D eigenvalue weighted by Crippen LogP contribution is 2.21. The summed E-state index contributed by atoms with van der Waals surface area (Å²) in [5.74, 6) is 0.529. The molecule has 20 heavy (non-hydrogen) atoms. The maximum absolute atomic E-state index is 11.8. The normalized spacial score (nSPS) is 19.6. The molecule has 0 saturated carbocycles. The number of benzene rings is 1. The van der Waals surface area contributed by atoms with Gasteiger partial charge in [0.2, 0.25) is 0 Å². The maximum Gasteiger partial charge on any atom is 0.253 e. The third-order valence-electron chi connectivity index (χ3n) is 3.82. The zero-order valence-corrected chi connectivity index (χ0v) is 12.3. The zero-order chi connectivity index (χ0) is 14.5. The van der Waals surface area contributed by atoms with Gasteiger partial charge in [-0.1, -0.05) is 0 Å². The van der Waals surface area contributed by atoms with Gasteiger partial charge >= 0.3 is 0 Å². The van der Waals surface area contributed by atoms with E-state index in [0.717, 1.165) is 18.8 Å². The Morgan fingerprint density at radius 1 is 1.50 bits per heavy atom. The van der Waals surface area contributed by atoms with E-state index in [0.29, 0.717) is 17.2 Å². The van der Waals surface area contributed by atoms with E-state index in [2.05, 4.69) is 22.6 Å². The molecule has 0 radical (unpaired) electrons. The molecular weight excluding hydrogens is 252 g/mol. The number of nitrogens with two attached hydrogens (primary N) is 1. The van der Waals surface area contributed by atoms with Gasteiger partial charge in [-0.3, -0.25) is 4.79 Å². The number of nitrogens with one attached hydrogen (secondary N) is 2. The van der Waals surface area contributed by atoms with Crippen LogP contribution in [0.2, 0.25) is 0 Å². The summed E-state index contributed by atoms with van der Waals surface area (Å²) in [4.78, 5) is 14.2. The Morgan fingerprint density at radius 2 is 2.30 bits per heavy atom. The Morgan fingerprint density at radius 3 is 3.00 bits per heavy atom. The summed E-state index contributed by atoms with van der Waals surface area (Å²) in [6.07, 6.45) is 2.47. The average Bonchev–Trinajstić information content (AvgIpc) is 2.44. The van der Waals surface area contributed by atoms with Crippen molar-refractivity contribution in [3.05, 3.63) is 23.8 Å². The zero-order valence-electron chi connectivity index (χ0n) is 12.3. The number of rotatable bonds is 4. The monoisotopic (exact) mass is 276 g/mol. The summed E-state index contributed by atoms with van der Waals surface area (Å²) in [7, 11) is 3.79. The van der Waals surface area contributed by atoms with Crippen LogP contribution in [0.4, 0.5) is 11.4 Å². The summed E-state index contributed by atoms with van der Waals surface area (Å²) in [5.41, 5.74) is 7.95. The third-order valence-corrected chi connectivity index (χ3v) is 3.82. The fourth-order valence-electron chi connectivity index (χ4n) is 2.73. The van der Waals surface area contributed by atoms with Gasteiger partial charge in [0.1, 0.15) is 0 Å². The van der Waals surface area contributed by atoms with Crippen molar-refractivity contribution in [1.82, 2.24) is 10.2 Å². The predicted molar refractivity (Wildman–Crippen MR) is 83.0 cm³/mol. The molecule has 1 saturated heterocycles. The van der Waals surface area contributed by atoms with Crippen LogP contribution < -0.4 is 16.4 Å². The lowest BCUT2D eigenvalue weighted by Gasteiger charge is -2.30. The van der Waals surface area contributed by atoms with Gasteiger partial charge in [0, 0.05) is 31.5 Å². The van der Waals surface area contributed by atoms with E-state index < -0.39 is 0 Å². The smallest absolute Gasteiger partial charge is 0.253 e. The van der Waals surface area contributed by atoms with Crippen LogP contribution in [0.1, 0.15) is 23.2 Å². The molecule has 0 aliphatic carbocycles. The summed E-state index contributed by atoms with van der Waals surface area (Å²) in [5, 5.41) is 6.05. The lowest BCUT2D eigenvalue weighted by atomic mass is 9.98. The summed E-state index contributed by atoms with van der Waals surface area (Å²) in [6, 6.07) is 5.35. The maximum atomic E-state index is 11.8. The topological polar surface area (TPSA) is 70.4 Å². The number of amides is 1. The Labute approximate surface area is 120 Å². The molecule has 1 heterocycles. The van der Waals surface area contributed by atoms with Crippen molar-refractivity contribution in [3.8, 4) is 0 Å². The van der Waals surface area contributed by atoms with Crippen molar-refractivity contribution in [2.75, 3.05) is 44.8 Å². The highest BCUT2D eigenvalue weighted by atomic mass is 16.1. The van der Waals surface area contributed by atoms with Crippen molar-refractivity contribution in [3.63, 3.8) is 0 Å². The minimum Gasteiger partial charge on any atom is -0.399 e. The molecule has 5 heteroatoms. The number of hydrogen-bond donors (Lipinski definition) is 3. The molecule has 1 aromatic rings. The van der Waals surface area contributed by atoms with Crippen LogP contribution in [0.25, 0.3) is 0 Å². The van der Waals surface area contributed by atoms with E-state index in [9.17, 15) is 4.79 Å². The summed E-state index contributed by atoms with van der Waals surface area (Å²) < 4.78 is 0. The van der Waals surface area contributed by atoms with Gasteiger partial charge in [-0.05, 0) is 50.6 Å². The molecule has 110 valence electrons. The van der Waals surface area contributed by atoms with Crippen LogP contribution >= 0.6 is 0 Å². The predicted octanol–water partition coefficient (Wildman–Crippen LogP) is 1.38. The fraction of sp³-hybridized carbons (Fsp3) is 0.533. The van der Waals surface area contributed by atoms with Gasteiger partial charge in [-0.25, -0.2) is 0 Å². The molecule has 5 nitrogen and oxygen atoms in total. The molecule has 4 N–H and O–H groups in total. The minimum absolute atomic E-state index is 0.0896. The first kappa shape index (κ1) is 14.7. The molecule has 2 rings (SSSR count). The molecule has 1 unspecified atom stereocenters. The number of likely N-dealkylation sites (tertiary alicyclic amines) is 1. The number of nitrogen functional groups attached to an aromatic ring is 1. The Bertz CT molecular complexity index is 475. The van der Waals surface area contributed by atoms with Crippen LogP contribution in [-0.4, -0.2) is 44.5 Å². The van der Waals surface area contributed by atoms with E-state index in [1.54, 1.807) is 19.2 Å². The standard InChI is InChI=1S/C15H24N4O/c1-17-15(20)13-6-5-12(16)8-14(13)18-9-11-4-3-7-19(2)10-11/h5-6,8,11,18H,3-4,7,9-10,16H2,1-2H3,(H,17,20). The Balaban J connectivity index is 2.04. The molecule has 1 fully saturated rings. The van der Waals surface area contributed by atoms with E-state index in [1.807, 2.05) is 6.07 Å². The average molecular weight is 276 g/mol. The van der Waals surface area contributed by atoms with Crippen LogP contribution in [0.3, 0.4) is 0 Å². The quantitative estimate of drug-likeness (QED) is 0.727. The van der Waals surface area contributed by atoms with Crippen molar-refractivity contribution < 1.29 is 4.79 Å². The first-order valence-electron chi connectivity index (χ1n) is 7.14. The molecule has 1 amide bonds. The van der Waals surface area contributed by atoms with E-state index in [1.165, 1.54) is 19.4 Å². The lowest BCUT2D eigenvalue weighted by molar-refractivity contribution is 0.0964. The first-order chi connectivity index (χ1) is 9.60. The van der Waals surface area contributed by atoms with Gasteiger partial charge < -0.3 is 21.3 Å².